The van der Waals surface area contributed by atoms with Crippen molar-refractivity contribution >= 4 is 13.3 Å². The topological polar surface area (TPSA) is 4.10 Å². The van der Waals surface area contributed by atoms with Crippen LogP contribution in [0.5, 0.6) is 0 Å². The Morgan fingerprint density at radius 3 is 1.92 bits per heavy atom. The van der Waals surface area contributed by atoms with Crippen LogP contribution in [-0.2, 0) is 0 Å². The summed E-state index contributed by atoms with van der Waals surface area (Å²) in [7, 11) is -10.7. The normalized spacial score (nSPS) is 13.5. The number of aryl methyl sites for hydroxylation is 1. The van der Waals surface area contributed by atoms with Crippen molar-refractivity contribution in [2.45, 2.75) is 6.92 Å². The van der Waals surface area contributed by atoms with Gasteiger partial charge in [0.1, 0.15) is 0 Å². The van der Waals surface area contributed by atoms with Gasteiger partial charge in [0.2, 0.25) is 5.52 Å². The van der Waals surface area contributed by atoms with Crippen LogP contribution in [0.15, 0.2) is 67.0 Å². The molecule has 0 aliphatic carbocycles. The number of fused-ring (bicyclic) bond motifs is 1. The molecule has 0 saturated carbocycles. The Bertz CT molecular complexity index is 972. The van der Waals surface area contributed by atoms with Crippen molar-refractivity contribution in [3.63, 3.8) is 0 Å². The number of pyridine rings is 2. The van der Waals surface area contributed by atoms with Crippen molar-refractivity contribution in [3.8, 4) is 11.8 Å². The maximum absolute atomic E-state index is 10.7. The van der Waals surface area contributed by atoms with Gasteiger partial charge in [-0.25, -0.2) is 0 Å². The minimum absolute atomic E-state index is 1.03. The van der Waals surface area contributed by atoms with E-state index in [0.29, 0.717) is 0 Å². The van der Waals surface area contributed by atoms with E-state index in [9.17, 15) is 25.2 Å². The second kappa shape index (κ2) is 6.30. The molecule has 8 heteroatoms. The number of benzene rings is 1. The molecule has 0 bridgehead atoms. The third kappa shape index (κ3) is 8.50. The minimum atomic E-state index is -10.7. The molecule has 0 amide bonds. The monoisotopic (exact) mass is 389 g/mol. The number of rotatable bonds is 0. The fourth-order valence-corrected chi connectivity index (χ4v) is 1.95. The van der Waals surface area contributed by atoms with Gasteiger partial charge in [0.25, 0.3) is 0 Å². The fourth-order valence-electron chi connectivity index (χ4n) is 1.95. The summed E-state index contributed by atoms with van der Waals surface area (Å²) in [4.78, 5) is 0. The molecule has 2 aromatic heterocycles. The Kier molecular flexibility index (Phi) is 4.78. The van der Waals surface area contributed by atoms with Crippen molar-refractivity contribution in [1.82, 2.24) is 0 Å². The Morgan fingerprint density at radius 1 is 0.731 bits per heavy atom. The molecule has 0 atom stereocenters. The zero-order valence-electron chi connectivity index (χ0n) is 13.5. The number of aromatic nitrogens is 1. The number of halogens is 6. The van der Waals surface area contributed by atoms with E-state index in [1.165, 1.54) is 5.56 Å². The van der Waals surface area contributed by atoms with Crippen LogP contribution in [0.3, 0.4) is 0 Å². The molecule has 3 rings (SSSR count). The van der Waals surface area contributed by atoms with Gasteiger partial charge in [-0.1, -0.05) is 29.5 Å². The van der Waals surface area contributed by atoms with Gasteiger partial charge in [-0.15, -0.1) is 0 Å². The molecule has 0 unspecified atom stereocenters. The SMILES string of the molecule is Cc1ccc(C#Cc2cc[n+]3ccccc3c2)cc1.F[P-](F)(F)(F)(F)F. The van der Waals surface area contributed by atoms with Crippen LogP contribution < -0.4 is 4.40 Å². The van der Waals surface area contributed by atoms with E-state index in [4.69, 9.17) is 0 Å². The van der Waals surface area contributed by atoms with Gasteiger partial charge in [0.15, 0.2) is 12.4 Å². The number of hydrogen-bond acceptors (Lipinski definition) is 0. The first-order chi connectivity index (χ1) is 11.8. The molecule has 0 aliphatic rings. The van der Waals surface area contributed by atoms with Crippen molar-refractivity contribution in [2.24, 2.45) is 0 Å². The van der Waals surface area contributed by atoms with Gasteiger partial charge >= 0.3 is 33.0 Å². The molecule has 0 spiro atoms. The van der Waals surface area contributed by atoms with Crippen LogP contribution in [0.25, 0.3) is 5.52 Å². The molecular weight excluding hydrogens is 375 g/mol. The van der Waals surface area contributed by atoms with Gasteiger partial charge in [-0.2, -0.15) is 4.40 Å². The molecule has 0 fully saturated rings. The molecule has 1 aromatic carbocycles. The molecule has 3 aromatic rings. The van der Waals surface area contributed by atoms with Gasteiger partial charge in [0, 0.05) is 35.4 Å². The van der Waals surface area contributed by atoms with E-state index in [0.717, 1.165) is 16.6 Å². The Labute approximate surface area is 146 Å². The van der Waals surface area contributed by atoms with Crippen LogP contribution in [0.4, 0.5) is 25.2 Å². The summed E-state index contributed by atoms with van der Waals surface area (Å²) in [5, 5.41) is 0. The van der Waals surface area contributed by atoms with Crippen molar-refractivity contribution in [3.05, 3.63) is 83.7 Å². The van der Waals surface area contributed by atoms with E-state index in [-0.39, 0.29) is 0 Å². The first kappa shape index (κ1) is 19.7. The van der Waals surface area contributed by atoms with Crippen LogP contribution in [0.2, 0.25) is 0 Å². The van der Waals surface area contributed by atoms with E-state index in [1.54, 1.807) is 0 Å². The second-order valence-corrected chi connectivity index (χ2v) is 7.44. The number of nitrogens with zero attached hydrogens (tertiary/aromatic N) is 1. The average molecular weight is 389 g/mol. The average Bonchev–Trinajstić information content (AvgIpc) is 2.51. The molecular formula is C18H14F6NP. The summed E-state index contributed by atoms with van der Waals surface area (Å²) in [5.74, 6) is 6.40. The molecule has 1 nitrogen and oxygen atoms in total. The number of hydrogen-bond donors (Lipinski definition) is 0. The predicted octanol–water partition coefficient (Wildman–Crippen LogP) is 6.52. The van der Waals surface area contributed by atoms with Crippen LogP contribution in [0.1, 0.15) is 16.7 Å². The summed E-state index contributed by atoms with van der Waals surface area (Å²) in [6.07, 6.45) is 4.07. The Hall–Kier alpha value is -2.58. The summed E-state index contributed by atoms with van der Waals surface area (Å²) >= 11 is 0. The van der Waals surface area contributed by atoms with Gasteiger partial charge in [0.05, 0.1) is 0 Å². The Morgan fingerprint density at radius 2 is 1.31 bits per heavy atom. The van der Waals surface area contributed by atoms with Crippen molar-refractivity contribution in [2.75, 3.05) is 0 Å². The van der Waals surface area contributed by atoms with Gasteiger partial charge in [-0.3, -0.25) is 0 Å². The van der Waals surface area contributed by atoms with E-state index in [1.807, 2.05) is 30.6 Å². The maximum atomic E-state index is 9.87. The first-order valence-corrected chi connectivity index (χ1v) is 9.34. The molecule has 0 aliphatic heterocycles. The molecule has 0 saturated heterocycles. The molecule has 0 N–H and O–H groups in total. The predicted molar refractivity (Wildman–Crippen MR) is 90.3 cm³/mol. The van der Waals surface area contributed by atoms with E-state index >= 15 is 0 Å². The van der Waals surface area contributed by atoms with Gasteiger partial charge < -0.3 is 0 Å². The quantitative estimate of drug-likeness (QED) is 0.179. The molecule has 138 valence electrons. The summed E-state index contributed by atoms with van der Waals surface area (Å²) in [5.41, 5.74) is 4.49. The fraction of sp³-hybridized carbons (Fsp3) is 0.0556. The second-order valence-electron chi connectivity index (χ2n) is 5.52. The molecule has 2 heterocycles. The van der Waals surface area contributed by atoms with Crippen molar-refractivity contribution in [1.29, 1.82) is 0 Å². The van der Waals surface area contributed by atoms with Crippen molar-refractivity contribution < 1.29 is 29.6 Å². The zero-order valence-corrected chi connectivity index (χ0v) is 14.4. The third-order valence-corrected chi connectivity index (χ3v) is 3.04. The molecule has 0 radical (unpaired) electrons. The van der Waals surface area contributed by atoms with E-state index < -0.39 is 7.81 Å². The standard InChI is InChI=1S/C18H14N.F6P/c1-15-5-7-16(8-6-15)9-10-17-11-13-19-12-3-2-4-18(19)14-17;1-7(2,3,4,5)6/h2-8,11-14H,1H3;/q+1;-1. The molecule has 26 heavy (non-hydrogen) atoms. The zero-order chi connectivity index (χ0) is 19.5. The van der Waals surface area contributed by atoms with Gasteiger partial charge in [-0.05, 0) is 25.1 Å². The van der Waals surface area contributed by atoms with Crippen LogP contribution in [0, 0.1) is 18.8 Å². The van der Waals surface area contributed by atoms with E-state index in [2.05, 4.69) is 59.6 Å². The summed E-state index contributed by atoms with van der Waals surface area (Å²) in [6.45, 7) is 2.08. The Balaban J connectivity index is 0.000000298. The van der Waals surface area contributed by atoms with Crippen LogP contribution in [-0.4, -0.2) is 0 Å². The summed E-state index contributed by atoms with van der Waals surface area (Å²) in [6, 6.07) is 18.5. The third-order valence-electron chi connectivity index (χ3n) is 3.04. The summed E-state index contributed by atoms with van der Waals surface area (Å²) < 4.78 is 61.3. The first-order valence-electron chi connectivity index (χ1n) is 7.31. The van der Waals surface area contributed by atoms with Crippen LogP contribution >= 0.6 is 7.81 Å².